The van der Waals surface area contributed by atoms with E-state index in [-0.39, 0.29) is 12.7 Å². The second-order valence-electron chi connectivity index (χ2n) is 6.89. The second kappa shape index (κ2) is 8.13. The summed E-state index contributed by atoms with van der Waals surface area (Å²) in [5.41, 5.74) is 6.36. The third-order valence-electron chi connectivity index (χ3n) is 4.80. The highest BCUT2D eigenvalue weighted by Crippen LogP contribution is 2.34. The number of amides is 1. The van der Waals surface area contributed by atoms with Crippen LogP contribution in [0.1, 0.15) is 11.5 Å². The monoisotopic (exact) mass is 441 g/mol. The number of nitrogens with zero attached hydrogens (tertiary/aromatic N) is 4. The standard InChI is InChI=1S/C20H19N5O3S2/c1-12-10-29-19(22-12)18-17(13-2-3-14-15(8-13)30-11-21-14)23-16(24-18)9-28-20(26)25-4-6-27-7-5-25/h2-3,8,10-11H,4-7,9H2,1H3,(H,23,24). The minimum absolute atomic E-state index is 0.0658. The molecule has 1 N–H and O–H groups in total. The van der Waals surface area contributed by atoms with E-state index >= 15 is 0 Å². The van der Waals surface area contributed by atoms with Gasteiger partial charge in [-0.15, -0.1) is 22.7 Å². The van der Waals surface area contributed by atoms with Crippen LogP contribution >= 0.6 is 22.7 Å². The van der Waals surface area contributed by atoms with Crippen LogP contribution in [0.25, 0.3) is 32.2 Å². The van der Waals surface area contributed by atoms with Gasteiger partial charge in [0.2, 0.25) is 0 Å². The molecule has 0 radical (unpaired) electrons. The highest BCUT2D eigenvalue weighted by atomic mass is 32.1. The fourth-order valence-electron chi connectivity index (χ4n) is 3.29. The lowest BCUT2D eigenvalue weighted by Crippen LogP contribution is -2.40. The van der Waals surface area contributed by atoms with Crippen molar-refractivity contribution < 1.29 is 14.3 Å². The highest BCUT2D eigenvalue weighted by Gasteiger charge is 2.21. The lowest BCUT2D eigenvalue weighted by Gasteiger charge is -2.25. The molecule has 1 saturated heterocycles. The van der Waals surface area contributed by atoms with Crippen LogP contribution in [0.15, 0.2) is 29.1 Å². The van der Waals surface area contributed by atoms with Gasteiger partial charge in [0, 0.05) is 29.7 Å². The van der Waals surface area contributed by atoms with E-state index in [9.17, 15) is 4.79 Å². The quantitative estimate of drug-likeness (QED) is 0.513. The zero-order chi connectivity index (χ0) is 20.5. The van der Waals surface area contributed by atoms with Crippen LogP contribution in [0.5, 0.6) is 0 Å². The molecule has 1 aliphatic rings. The average molecular weight is 442 g/mol. The van der Waals surface area contributed by atoms with Crippen molar-refractivity contribution in [3.63, 3.8) is 0 Å². The van der Waals surface area contributed by atoms with E-state index in [1.807, 2.05) is 29.9 Å². The molecule has 0 unspecified atom stereocenters. The van der Waals surface area contributed by atoms with Gasteiger partial charge in [0.1, 0.15) is 16.5 Å². The Bertz CT molecular complexity index is 1190. The van der Waals surface area contributed by atoms with Gasteiger partial charge in [0.25, 0.3) is 0 Å². The van der Waals surface area contributed by atoms with Crippen LogP contribution in [-0.4, -0.2) is 57.2 Å². The molecule has 0 bridgehead atoms. The van der Waals surface area contributed by atoms with E-state index in [2.05, 4.69) is 21.0 Å². The summed E-state index contributed by atoms with van der Waals surface area (Å²) in [5.74, 6) is 0.582. The van der Waals surface area contributed by atoms with Crippen molar-refractivity contribution in [2.75, 3.05) is 26.3 Å². The number of fused-ring (bicyclic) bond motifs is 1. The molecule has 1 fully saturated rings. The smallest absolute Gasteiger partial charge is 0.410 e. The van der Waals surface area contributed by atoms with Gasteiger partial charge in [-0.2, -0.15) is 0 Å². The molecular weight excluding hydrogens is 422 g/mol. The Morgan fingerprint density at radius 2 is 2.13 bits per heavy atom. The summed E-state index contributed by atoms with van der Waals surface area (Å²) in [6, 6.07) is 6.11. The van der Waals surface area contributed by atoms with Crippen molar-refractivity contribution in [3.05, 3.63) is 40.6 Å². The Kier molecular flexibility index (Phi) is 5.19. The van der Waals surface area contributed by atoms with Crippen molar-refractivity contribution in [2.45, 2.75) is 13.5 Å². The van der Waals surface area contributed by atoms with Crippen molar-refractivity contribution in [1.82, 2.24) is 24.8 Å². The molecule has 8 nitrogen and oxygen atoms in total. The van der Waals surface area contributed by atoms with E-state index in [1.165, 1.54) is 0 Å². The molecule has 0 spiro atoms. The minimum Gasteiger partial charge on any atom is -0.441 e. The lowest BCUT2D eigenvalue weighted by atomic mass is 10.1. The molecule has 30 heavy (non-hydrogen) atoms. The van der Waals surface area contributed by atoms with Gasteiger partial charge in [0.15, 0.2) is 6.61 Å². The van der Waals surface area contributed by atoms with E-state index in [1.54, 1.807) is 27.6 Å². The number of ether oxygens (including phenoxy) is 2. The first kappa shape index (κ1) is 19.2. The summed E-state index contributed by atoms with van der Waals surface area (Å²) in [7, 11) is 0. The van der Waals surface area contributed by atoms with Crippen molar-refractivity contribution in [1.29, 1.82) is 0 Å². The Balaban J connectivity index is 1.44. The zero-order valence-electron chi connectivity index (χ0n) is 16.3. The van der Waals surface area contributed by atoms with Gasteiger partial charge in [-0.3, -0.25) is 0 Å². The molecule has 1 aromatic carbocycles. The summed E-state index contributed by atoms with van der Waals surface area (Å²) in [4.78, 5) is 31.0. The summed E-state index contributed by atoms with van der Waals surface area (Å²) < 4.78 is 11.9. The lowest BCUT2D eigenvalue weighted by molar-refractivity contribution is 0.0243. The van der Waals surface area contributed by atoms with Crippen LogP contribution in [0.2, 0.25) is 0 Å². The Morgan fingerprint density at radius 1 is 1.27 bits per heavy atom. The van der Waals surface area contributed by atoms with Crippen LogP contribution in [0.4, 0.5) is 4.79 Å². The minimum atomic E-state index is -0.353. The maximum atomic E-state index is 12.3. The first-order chi connectivity index (χ1) is 14.7. The molecule has 10 heteroatoms. The van der Waals surface area contributed by atoms with Crippen LogP contribution in [-0.2, 0) is 16.1 Å². The summed E-state index contributed by atoms with van der Waals surface area (Å²) >= 11 is 3.14. The number of H-pyrrole nitrogens is 1. The van der Waals surface area contributed by atoms with Crippen LogP contribution < -0.4 is 0 Å². The SMILES string of the molecule is Cc1csc(-c2nc(COC(=O)N3CCOCC3)[nH]c2-c2ccc3ncsc3c2)n1. The number of thiazole rings is 2. The number of morpholine rings is 1. The molecule has 0 saturated carbocycles. The fourth-order valence-corrected chi connectivity index (χ4v) is 4.80. The van der Waals surface area contributed by atoms with Crippen molar-refractivity contribution in [3.8, 4) is 22.0 Å². The van der Waals surface area contributed by atoms with Crippen molar-refractivity contribution in [2.24, 2.45) is 0 Å². The molecule has 4 heterocycles. The molecular formula is C20H19N5O3S2. The van der Waals surface area contributed by atoms with Gasteiger partial charge in [-0.05, 0) is 19.1 Å². The first-order valence-electron chi connectivity index (χ1n) is 9.52. The van der Waals surface area contributed by atoms with Gasteiger partial charge in [-0.1, -0.05) is 6.07 Å². The molecule has 4 aromatic rings. The second-order valence-corrected chi connectivity index (χ2v) is 8.63. The number of aryl methyl sites for hydroxylation is 1. The molecule has 154 valence electrons. The summed E-state index contributed by atoms with van der Waals surface area (Å²) in [6.07, 6.45) is -0.353. The molecule has 1 aliphatic heterocycles. The van der Waals surface area contributed by atoms with Crippen LogP contribution in [0, 0.1) is 6.92 Å². The number of aromatic nitrogens is 4. The largest absolute Gasteiger partial charge is 0.441 e. The maximum absolute atomic E-state index is 12.3. The van der Waals surface area contributed by atoms with E-state index in [0.29, 0.717) is 32.1 Å². The summed E-state index contributed by atoms with van der Waals surface area (Å²) in [6.45, 7) is 4.18. The van der Waals surface area contributed by atoms with Crippen molar-refractivity contribution >= 4 is 39.0 Å². The highest BCUT2D eigenvalue weighted by molar-refractivity contribution is 7.16. The Hall–Kier alpha value is -2.82. The molecule has 3 aromatic heterocycles. The number of carbonyl (C=O) groups excluding carboxylic acids is 1. The van der Waals surface area contributed by atoms with Gasteiger partial charge in [0.05, 0.1) is 34.6 Å². The Labute approximate surface area is 180 Å². The normalized spacial score (nSPS) is 14.4. The first-order valence-corrected chi connectivity index (χ1v) is 11.3. The maximum Gasteiger partial charge on any atom is 0.410 e. The van der Waals surface area contributed by atoms with E-state index in [4.69, 9.17) is 14.5 Å². The number of carbonyl (C=O) groups is 1. The number of aromatic amines is 1. The van der Waals surface area contributed by atoms with E-state index in [0.717, 1.165) is 37.9 Å². The fraction of sp³-hybridized carbons (Fsp3) is 0.300. The molecule has 0 aliphatic carbocycles. The Morgan fingerprint density at radius 3 is 2.93 bits per heavy atom. The number of hydrogen-bond donors (Lipinski definition) is 1. The number of nitrogens with one attached hydrogen (secondary N) is 1. The average Bonchev–Trinajstić information content (AvgIpc) is 3.51. The predicted octanol–water partition coefficient (Wildman–Crippen LogP) is 4.09. The summed E-state index contributed by atoms with van der Waals surface area (Å²) in [5, 5.41) is 2.83. The number of benzene rings is 1. The third-order valence-corrected chi connectivity index (χ3v) is 6.55. The van der Waals surface area contributed by atoms with Gasteiger partial charge < -0.3 is 19.4 Å². The van der Waals surface area contributed by atoms with Gasteiger partial charge >= 0.3 is 6.09 Å². The van der Waals surface area contributed by atoms with E-state index < -0.39 is 0 Å². The third kappa shape index (κ3) is 3.81. The number of rotatable bonds is 4. The number of imidazole rings is 1. The topological polar surface area (TPSA) is 93.2 Å². The van der Waals surface area contributed by atoms with Gasteiger partial charge in [-0.25, -0.2) is 19.7 Å². The molecule has 0 atom stereocenters. The predicted molar refractivity (Wildman–Crippen MR) is 116 cm³/mol. The van der Waals surface area contributed by atoms with Crippen LogP contribution in [0.3, 0.4) is 0 Å². The molecule has 1 amide bonds. The number of hydrogen-bond acceptors (Lipinski definition) is 8. The molecule has 5 rings (SSSR count). The zero-order valence-corrected chi connectivity index (χ0v) is 17.9.